The van der Waals surface area contributed by atoms with E-state index in [1.165, 1.54) is 10.8 Å². The molecule has 10 heteroatoms. The molecular weight excluding hydrogens is 319 g/mol. The maximum atomic E-state index is 11.9. The van der Waals surface area contributed by atoms with E-state index < -0.39 is 36.4 Å². The number of thiol groups is 1. The Morgan fingerprint density at radius 1 is 1.67 bits per heavy atom. The average molecular weight is 335 g/mol. The third kappa shape index (κ3) is 3.27. The van der Waals surface area contributed by atoms with E-state index in [1.807, 2.05) is 0 Å². The van der Waals surface area contributed by atoms with Crippen LogP contribution in [0.2, 0.25) is 0 Å². The largest absolute Gasteiger partial charge is 0.582 e. The fourth-order valence-electron chi connectivity index (χ4n) is 2.24. The number of hydrogen-bond acceptors (Lipinski definition) is 6. The maximum absolute atomic E-state index is 11.9. The summed E-state index contributed by atoms with van der Waals surface area (Å²) >= 11 is 3.69. The highest BCUT2D eigenvalue weighted by molar-refractivity contribution is 8.39. The summed E-state index contributed by atoms with van der Waals surface area (Å²) in [5, 5.41) is 9.47. The average Bonchev–Trinajstić information content (AvgIpc) is 2.71. The molecule has 2 rings (SSSR count). The zero-order valence-electron chi connectivity index (χ0n) is 11.5. The highest BCUT2D eigenvalue weighted by Crippen LogP contribution is 2.43. The lowest BCUT2D eigenvalue weighted by atomic mass is 10.0. The number of aliphatic hydroxyl groups is 1. The van der Waals surface area contributed by atoms with Crippen molar-refractivity contribution in [2.45, 2.75) is 38.2 Å². The molecule has 1 aromatic rings. The SMILES string of the molecule is Cc1cn([C@H]2C[C@@H](O[P+](=O)S)[C@@](C)(CO)O2)c(=O)[nH]c1=O. The van der Waals surface area contributed by atoms with E-state index in [9.17, 15) is 19.3 Å². The molecule has 1 fully saturated rings. The molecule has 2 heterocycles. The summed E-state index contributed by atoms with van der Waals surface area (Å²) < 4.78 is 23.2. The number of nitrogens with one attached hydrogen (secondary N) is 1. The minimum absolute atomic E-state index is 0.198. The van der Waals surface area contributed by atoms with Gasteiger partial charge in [0.25, 0.3) is 5.56 Å². The van der Waals surface area contributed by atoms with Crippen LogP contribution in [0.1, 0.15) is 25.1 Å². The molecule has 0 bridgehead atoms. The van der Waals surface area contributed by atoms with Crippen LogP contribution < -0.4 is 11.2 Å². The topological polar surface area (TPSA) is 111 Å². The van der Waals surface area contributed by atoms with Crippen molar-refractivity contribution in [3.05, 3.63) is 32.6 Å². The van der Waals surface area contributed by atoms with Gasteiger partial charge in [-0.15, -0.1) is 4.52 Å². The molecule has 4 atom stereocenters. The second kappa shape index (κ2) is 6.02. The lowest BCUT2D eigenvalue weighted by Crippen LogP contribution is -2.40. The highest BCUT2D eigenvalue weighted by Gasteiger charge is 2.50. The van der Waals surface area contributed by atoms with Gasteiger partial charge < -0.3 is 9.84 Å². The van der Waals surface area contributed by atoms with Gasteiger partial charge >= 0.3 is 12.9 Å². The summed E-state index contributed by atoms with van der Waals surface area (Å²) in [5.74, 6) is 0. The first-order valence-corrected chi connectivity index (χ1v) is 8.53. The van der Waals surface area contributed by atoms with Gasteiger partial charge in [0.2, 0.25) is 0 Å². The van der Waals surface area contributed by atoms with Crippen molar-refractivity contribution in [1.29, 1.82) is 0 Å². The van der Waals surface area contributed by atoms with Gasteiger partial charge in [0.05, 0.1) is 6.61 Å². The molecule has 2 N–H and O–H groups in total. The molecule has 0 aliphatic carbocycles. The van der Waals surface area contributed by atoms with Crippen LogP contribution in [0.4, 0.5) is 0 Å². The van der Waals surface area contributed by atoms with Crippen LogP contribution in [0.3, 0.4) is 0 Å². The van der Waals surface area contributed by atoms with Crippen molar-refractivity contribution in [2.75, 3.05) is 6.61 Å². The molecule has 0 amide bonds. The van der Waals surface area contributed by atoms with Crippen molar-refractivity contribution in [1.82, 2.24) is 9.55 Å². The van der Waals surface area contributed by atoms with Crippen LogP contribution in [-0.2, 0) is 13.8 Å². The first kappa shape index (κ1) is 16.4. The number of ether oxygens (including phenoxy) is 1. The zero-order valence-corrected chi connectivity index (χ0v) is 13.3. The van der Waals surface area contributed by atoms with Crippen LogP contribution in [0.15, 0.2) is 15.8 Å². The van der Waals surface area contributed by atoms with E-state index in [4.69, 9.17) is 9.26 Å². The van der Waals surface area contributed by atoms with E-state index in [-0.39, 0.29) is 13.0 Å². The van der Waals surface area contributed by atoms with E-state index in [2.05, 4.69) is 17.2 Å². The molecule has 1 unspecified atom stereocenters. The van der Waals surface area contributed by atoms with Gasteiger partial charge in [-0.3, -0.25) is 14.3 Å². The van der Waals surface area contributed by atoms with Crippen molar-refractivity contribution < 1.29 is 18.9 Å². The minimum atomic E-state index is -2.17. The number of aliphatic hydroxyl groups excluding tert-OH is 1. The highest BCUT2D eigenvalue weighted by atomic mass is 32.7. The minimum Gasteiger partial charge on any atom is -0.393 e. The van der Waals surface area contributed by atoms with Gasteiger partial charge in [0.1, 0.15) is 30.2 Å². The van der Waals surface area contributed by atoms with Crippen molar-refractivity contribution in [2.24, 2.45) is 0 Å². The van der Waals surface area contributed by atoms with Crippen molar-refractivity contribution in [3.8, 4) is 0 Å². The molecule has 1 aliphatic rings. The van der Waals surface area contributed by atoms with Gasteiger partial charge in [-0.1, -0.05) is 0 Å². The lowest BCUT2D eigenvalue weighted by molar-refractivity contribution is -0.111. The predicted molar refractivity (Wildman–Crippen MR) is 77.8 cm³/mol. The quantitative estimate of drug-likeness (QED) is 0.545. The van der Waals surface area contributed by atoms with Crippen LogP contribution in [-0.4, -0.2) is 33.0 Å². The van der Waals surface area contributed by atoms with Crippen LogP contribution in [0.5, 0.6) is 0 Å². The first-order valence-electron chi connectivity index (χ1n) is 6.20. The van der Waals surface area contributed by atoms with Gasteiger partial charge in [0, 0.05) is 18.2 Å². The maximum Gasteiger partial charge on any atom is 0.582 e. The van der Waals surface area contributed by atoms with E-state index >= 15 is 0 Å². The number of hydrogen-bond donors (Lipinski definition) is 3. The van der Waals surface area contributed by atoms with Crippen molar-refractivity contribution >= 4 is 19.5 Å². The second-order valence-corrected chi connectivity index (χ2v) is 6.76. The number of rotatable bonds is 4. The van der Waals surface area contributed by atoms with Crippen LogP contribution >= 0.6 is 19.5 Å². The lowest BCUT2D eigenvalue weighted by Gasteiger charge is -2.24. The fraction of sp³-hybridized carbons (Fsp3) is 0.636. The molecule has 8 nitrogen and oxygen atoms in total. The van der Waals surface area contributed by atoms with Gasteiger partial charge in [-0.2, -0.15) is 0 Å². The Morgan fingerprint density at radius 3 is 2.90 bits per heavy atom. The summed E-state index contributed by atoms with van der Waals surface area (Å²) in [4.78, 5) is 25.4. The standard InChI is InChI=1S/C11H15N2O6PS/c1-6-4-13(10(16)12-9(6)15)8-3-7(19-20(17)21)11(2,5-14)18-8/h4,7-8,14H,3,5H2,1-2H3,(H-,12,15,16,17,21)/p+1/t7-,8-,11-/m1/s1. The summed E-state index contributed by atoms with van der Waals surface area (Å²) in [7, 11) is -2.17. The summed E-state index contributed by atoms with van der Waals surface area (Å²) in [6, 6.07) is 0. The number of H-pyrrole nitrogens is 1. The Labute approximate surface area is 126 Å². The Hall–Kier alpha value is -0.990. The Morgan fingerprint density at radius 2 is 2.33 bits per heavy atom. The van der Waals surface area contributed by atoms with Gasteiger partial charge in [-0.25, -0.2) is 4.79 Å². The molecular formula is C11H16N2O6PS+. The molecule has 1 aromatic heterocycles. The van der Waals surface area contributed by atoms with E-state index in [1.54, 1.807) is 13.8 Å². The Balaban J connectivity index is 2.35. The van der Waals surface area contributed by atoms with Crippen molar-refractivity contribution in [3.63, 3.8) is 0 Å². The van der Waals surface area contributed by atoms with Gasteiger partial charge in [0.15, 0.2) is 0 Å². The molecule has 0 saturated carbocycles. The summed E-state index contributed by atoms with van der Waals surface area (Å²) in [6.45, 7) is 2.78. The zero-order chi connectivity index (χ0) is 15.8. The Bertz CT molecular complexity index is 673. The molecule has 21 heavy (non-hydrogen) atoms. The number of aryl methyl sites for hydroxylation is 1. The fourth-order valence-corrected chi connectivity index (χ4v) is 3.11. The van der Waals surface area contributed by atoms with Gasteiger partial charge in [-0.05, 0) is 18.4 Å². The van der Waals surface area contributed by atoms with Crippen LogP contribution in [0.25, 0.3) is 0 Å². The van der Waals surface area contributed by atoms with E-state index in [0.29, 0.717) is 5.56 Å². The molecule has 0 radical (unpaired) electrons. The summed E-state index contributed by atoms with van der Waals surface area (Å²) in [6.07, 6.45) is 0.155. The monoisotopic (exact) mass is 335 g/mol. The first-order chi connectivity index (χ1) is 9.76. The van der Waals surface area contributed by atoms with E-state index in [0.717, 1.165) is 0 Å². The smallest absolute Gasteiger partial charge is 0.393 e. The van der Waals surface area contributed by atoms with Crippen LogP contribution in [0, 0.1) is 6.92 Å². The molecule has 0 aromatic carbocycles. The molecule has 116 valence electrons. The second-order valence-electron chi connectivity index (χ2n) is 5.09. The number of nitrogens with zero attached hydrogens (tertiary/aromatic N) is 1. The molecule has 1 aliphatic heterocycles. The predicted octanol–water partition coefficient (Wildman–Crippen LogP) is 0.487. The third-order valence-electron chi connectivity index (χ3n) is 3.49. The number of aromatic amines is 1. The molecule has 0 spiro atoms. The molecule has 1 saturated heterocycles. The normalized spacial score (nSPS) is 29.6. The Kier molecular flexibility index (Phi) is 4.69. The number of aromatic nitrogens is 2. The summed E-state index contributed by atoms with van der Waals surface area (Å²) in [5.41, 5.74) is -1.84. The third-order valence-corrected chi connectivity index (χ3v) is 4.21.